The number of fused-ring (bicyclic) bond motifs is 4. The van der Waals surface area contributed by atoms with Gasteiger partial charge < -0.3 is 20.1 Å². The lowest BCUT2D eigenvalue weighted by Gasteiger charge is -2.47. The number of likely N-dealkylation sites (tertiary alicyclic amines) is 1. The van der Waals surface area contributed by atoms with Crippen LogP contribution in [0.1, 0.15) is 56.2 Å². The van der Waals surface area contributed by atoms with Crippen molar-refractivity contribution in [3.8, 4) is 5.75 Å². The van der Waals surface area contributed by atoms with Gasteiger partial charge in [0.05, 0.1) is 0 Å². The molecule has 0 saturated carbocycles. The number of carboxylic acid groups (broad SMARTS) is 1. The van der Waals surface area contributed by atoms with Crippen LogP contribution in [0, 0.1) is 5.41 Å². The zero-order valence-electron chi connectivity index (χ0n) is 18.1. The van der Waals surface area contributed by atoms with Gasteiger partial charge in [-0.1, -0.05) is 51.1 Å². The molecule has 0 aliphatic carbocycles. The highest BCUT2D eigenvalue weighted by molar-refractivity contribution is 6.09. The van der Waals surface area contributed by atoms with E-state index in [1.54, 1.807) is 4.90 Å². The topological polar surface area (TPSA) is 78.9 Å². The molecule has 0 bridgehead atoms. The van der Waals surface area contributed by atoms with Crippen LogP contribution in [-0.2, 0) is 10.2 Å². The van der Waals surface area contributed by atoms with E-state index in [-0.39, 0.29) is 29.9 Å². The highest BCUT2D eigenvalue weighted by Crippen LogP contribution is 2.51. The fourth-order valence-corrected chi connectivity index (χ4v) is 5.86. The summed E-state index contributed by atoms with van der Waals surface area (Å²) in [7, 11) is 0. The molecule has 3 aliphatic heterocycles. The number of carbonyl (C=O) groups is 2. The van der Waals surface area contributed by atoms with Crippen molar-refractivity contribution in [2.24, 2.45) is 5.41 Å². The van der Waals surface area contributed by atoms with E-state index in [4.69, 9.17) is 4.74 Å². The maximum Gasteiger partial charge on any atom is 0.407 e. The molecule has 162 valence electrons. The molecule has 1 fully saturated rings. The third-order valence-electron chi connectivity index (χ3n) is 7.12. The van der Waals surface area contributed by atoms with Crippen LogP contribution in [0.25, 0.3) is 0 Å². The molecule has 5 rings (SSSR count). The van der Waals surface area contributed by atoms with Gasteiger partial charge in [-0.3, -0.25) is 4.79 Å². The molecule has 0 radical (unpaired) electrons. The Morgan fingerprint density at radius 3 is 2.71 bits per heavy atom. The maximum atomic E-state index is 13.2. The van der Waals surface area contributed by atoms with E-state index >= 15 is 0 Å². The molecule has 31 heavy (non-hydrogen) atoms. The van der Waals surface area contributed by atoms with Crippen molar-refractivity contribution in [1.29, 1.82) is 0 Å². The Labute approximate surface area is 182 Å². The number of carbonyl (C=O) groups excluding carboxylic acids is 1. The lowest BCUT2D eigenvalue weighted by atomic mass is 9.70. The normalized spacial score (nSPS) is 26.9. The number of piperidine rings is 1. The summed E-state index contributed by atoms with van der Waals surface area (Å²) in [5.74, 6) is 0.731. The molecule has 2 aromatic rings. The van der Waals surface area contributed by atoms with E-state index in [1.807, 2.05) is 36.4 Å². The zero-order chi connectivity index (χ0) is 22.0. The Morgan fingerprint density at radius 1 is 1.19 bits per heavy atom. The van der Waals surface area contributed by atoms with Gasteiger partial charge in [0.1, 0.15) is 17.8 Å². The largest absolute Gasteiger partial charge is 0.491 e. The van der Waals surface area contributed by atoms with Crippen molar-refractivity contribution >= 4 is 17.7 Å². The monoisotopic (exact) mass is 420 g/mol. The average Bonchev–Trinajstić information content (AvgIpc) is 3.26. The fourth-order valence-electron chi connectivity index (χ4n) is 5.86. The van der Waals surface area contributed by atoms with Crippen LogP contribution in [0.2, 0.25) is 0 Å². The molecule has 2 aromatic carbocycles. The minimum Gasteiger partial charge on any atom is -0.491 e. The lowest BCUT2D eigenvalue weighted by Crippen LogP contribution is -2.53. The quantitative estimate of drug-likeness (QED) is 0.707. The molecule has 3 aliphatic rings. The van der Waals surface area contributed by atoms with Gasteiger partial charge in [0, 0.05) is 29.8 Å². The first-order chi connectivity index (χ1) is 14.7. The number of ether oxygens (including phenoxy) is 1. The van der Waals surface area contributed by atoms with Gasteiger partial charge in [-0.15, -0.1) is 0 Å². The molecular weight excluding hydrogens is 392 g/mol. The van der Waals surface area contributed by atoms with E-state index in [0.29, 0.717) is 6.54 Å². The fraction of sp³-hybridized carbons (Fsp3) is 0.440. The summed E-state index contributed by atoms with van der Waals surface area (Å²) in [6.07, 6.45) is 0.877. The Bertz CT molecular complexity index is 1070. The molecule has 6 heteroatoms. The summed E-state index contributed by atoms with van der Waals surface area (Å²) in [5.41, 5.74) is 2.67. The van der Waals surface area contributed by atoms with Crippen molar-refractivity contribution < 1.29 is 19.4 Å². The van der Waals surface area contributed by atoms with Gasteiger partial charge in [0.25, 0.3) is 0 Å². The predicted octanol–water partition coefficient (Wildman–Crippen LogP) is 4.59. The van der Waals surface area contributed by atoms with E-state index in [2.05, 4.69) is 32.2 Å². The summed E-state index contributed by atoms with van der Waals surface area (Å²) in [6, 6.07) is 13.7. The van der Waals surface area contributed by atoms with Gasteiger partial charge >= 0.3 is 6.09 Å². The van der Waals surface area contributed by atoms with Crippen LogP contribution >= 0.6 is 0 Å². The Kier molecular flexibility index (Phi) is 4.33. The zero-order valence-corrected chi connectivity index (χ0v) is 18.1. The van der Waals surface area contributed by atoms with Crippen molar-refractivity contribution in [2.75, 3.05) is 18.5 Å². The van der Waals surface area contributed by atoms with Crippen molar-refractivity contribution in [1.82, 2.24) is 4.90 Å². The number of para-hydroxylation sites is 1. The number of hydrogen-bond donors (Lipinski definition) is 2. The first-order valence-corrected chi connectivity index (χ1v) is 10.9. The Hall–Kier alpha value is -3.02. The van der Waals surface area contributed by atoms with Gasteiger partial charge in [0.15, 0.2) is 0 Å². The van der Waals surface area contributed by atoms with Gasteiger partial charge in [0.2, 0.25) is 5.91 Å². The van der Waals surface area contributed by atoms with Crippen molar-refractivity contribution in [3.05, 3.63) is 59.2 Å². The van der Waals surface area contributed by atoms with Crippen LogP contribution in [-0.4, -0.2) is 41.2 Å². The summed E-state index contributed by atoms with van der Waals surface area (Å²) < 4.78 is 5.99. The van der Waals surface area contributed by atoms with E-state index < -0.39 is 11.5 Å². The second kappa shape index (κ2) is 6.74. The summed E-state index contributed by atoms with van der Waals surface area (Å²) in [4.78, 5) is 26.8. The minimum atomic E-state index is -0.866. The van der Waals surface area contributed by atoms with Crippen LogP contribution < -0.4 is 10.1 Å². The number of nitrogens with one attached hydrogen (secondary N) is 1. The van der Waals surface area contributed by atoms with Crippen LogP contribution in [0.4, 0.5) is 10.5 Å². The molecule has 1 spiro atoms. The number of nitrogens with zero attached hydrogens (tertiary/aromatic N) is 1. The van der Waals surface area contributed by atoms with E-state index in [9.17, 15) is 14.7 Å². The van der Waals surface area contributed by atoms with Gasteiger partial charge in [-0.05, 0) is 41.5 Å². The third kappa shape index (κ3) is 2.84. The number of rotatable bonds is 1. The predicted molar refractivity (Wildman–Crippen MR) is 118 cm³/mol. The van der Waals surface area contributed by atoms with Crippen molar-refractivity contribution in [3.63, 3.8) is 0 Å². The molecule has 2 amide bonds. The lowest BCUT2D eigenvalue weighted by molar-refractivity contribution is -0.119. The summed E-state index contributed by atoms with van der Waals surface area (Å²) >= 11 is 0. The van der Waals surface area contributed by atoms with E-state index in [1.165, 1.54) is 0 Å². The molecule has 0 aromatic heterocycles. The second-order valence-electron chi connectivity index (χ2n) is 9.98. The van der Waals surface area contributed by atoms with Gasteiger partial charge in [-0.25, -0.2) is 4.79 Å². The van der Waals surface area contributed by atoms with Gasteiger partial charge in [-0.2, -0.15) is 0 Å². The van der Waals surface area contributed by atoms with Crippen molar-refractivity contribution in [2.45, 2.75) is 51.0 Å². The molecule has 3 atom stereocenters. The standard InChI is InChI=1S/C25H28N2O4/c1-24(2,3)21-16(7-6-12-27(21)23(29)30)15-10-11-20-18(13-15)25(14-31-20)17-8-4-5-9-19(17)26-22(25)28/h4-5,8-11,13,16,21H,6-7,12,14H2,1-3H3,(H,26,28)(H,29,30). The Balaban J connectivity index is 1.62. The third-order valence-corrected chi connectivity index (χ3v) is 7.12. The molecular formula is C25H28N2O4. The first-order valence-electron chi connectivity index (χ1n) is 10.9. The number of benzene rings is 2. The molecule has 6 nitrogen and oxygen atoms in total. The highest BCUT2D eigenvalue weighted by atomic mass is 16.5. The van der Waals surface area contributed by atoms with Crippen LogP contribution in [0.3, 0.4) is 0 Å². The number of amides is 2. The summed E-state index contributed by atoms with van der Waals surface area (Å²) in [6.45, 7) is 7.14. The molecule has 3 unspecified atom stereocenters. The summed E-state index contributed by atoms with van der Waals surface area (Å²) in [5, 5.41) is 12.9. The molecule has 2 N–H and O–H groups in total. The van der Waals surface area contributed by atoms with E-state index in [0.717, 1.165) is 41.0 Å². The number of hydrogen-bond acceptors (Lipinski definition) is 3. The van der Waals surface area contributed by atoms with Crippen LogP contribution in [0.5, 0.6) is 5.75 Å². The number of anilines is 1. The minimum absolute atomic E-state index is 0.0622. The maximum absolute atomic E-state index is 13.2. The highest BCUT2D eigenvalue weighted by Gasteiger charge is 2.54. The first kappa shape index (κ1) is 19.9. The average molecular weight is 421 g/mol. The SMILES string of the molecule is CC(C)(C)C1C(c2ccc3c(c2)C2(CO3)C(=O)Nc3ccccc32)CCCN1C(=O)O. The smallest absolute Gasteiger partial charge is 0.407 e. The Morgan fingerprint density at radius 2 is 1.97 bits per heavy atom. The second-order valence-corrected chi connectivity index (χ2v) is 9.98. The molecule has 1 saturated heterocycles. The molecule has 3 heterocycles. The van der Waals surface area contributed by atoms with Crippen LogP contribution in [0.15, 0.2) is 42.5 Å².